The van der Waals surface area contributed by atoms with Crippen LogP contribution < -0.4 is 5.43 Å². The second kappa shape index (κ2) is 4.93. The molecule has 0 amide bonds. The predicted molar refractivity (Wildman–Crippen MR) is 64.0 cm³/mol. The van der Waals surface area contributed by atoms with Gasteiger partial charge in [0.05, 0.1) is 6.54 Å². The van der Waals surface area contributed by atoms with Gasteiger partial charge < -0.3 is 9.52 Å². The van der Waals surface area contributed by atoms with Gasteiger partial charge in [0, 0.05) is 30.7 Å². The molecule has 1 saturated heterocycles. The topological polar surface area (TPSA) is 53.7 Å². The Morgan fingerprint density at radius 1 is 1.50 bits per heavy atom. The van der Waals surface area contributed by atoms with Gasteiger partial charge in [0.25, 0.3) is 0 Å². The fraction of sp³-hybridized carbons (Fsp3) is 0.545. The largest absolute Gasteiger partial charge is 0.502 e. The van der Waals surface area contributed by atoms with Crippen LogP contribution in [-0.4, -0.2) is 34.6 Å². The van der Waals surface area contributed by atoms with E-state index >= 15 is 0 Å². The first kappa shape index (κ1) is 11.5. The molecule has 1 aromatic rings. The summed E-state index contributed by atoms with van der Waals surface area (Å²) < 4.78 is 5.39. The summed E-state index contributed by atoms with van der Waals surface area (Å²) in [7, 11) is 0. The predicted octanol–water partition coefficient (Wildman–Crippen LogP) is 1.20. The van der Waals surface area contributed by atoms with Gasteiger partial charge in [-0.25, -0.2) is 0 Å². The highest BCUT2D eigenvalue weighted by Gasteiger charge is 2.16. The molecule has 0 unspecified atom stereocenters. The highest BCUT2D eigenvalue weighted by molar-refractivity contribution is 7.99. The summed E-state index contributed by atoms with van der Waals surface area (Å²) in [5.74, 6) is 2.87. The first-order valence-corrected chi connectivity index (χ1v) is 6.45. The molecule has 1 fully saturated rings. The molecule has 0 spiro atoms. The number of aromatic hydroxyl groups is 1. The highest BCUT2D eigenvalue weighted by Crippen LogP contribution is 2.18. The number of nitrogens with zero attached hydrogens (tertiary/aromatic N) is 1. The van der Waals surface area contributed by atoms with Crippen molar-refractivity contribution in [2.45, 2.75) is 13.5 Å². The lowest BCUT2D eigenvalue weighted by molar-refractivity contribution is 0.251. The zero-order valence-electron chi connectivity index (χ0n) is 9.23. The van der Waals surface area contributed by atoms with Crippen LogP contribution in [0.3, 0.4) is 0 Å². The lowest BCUT2D eigenvalue weighted by atomic mass is 10.3. The smallest absolute Gasteiger partial charge is 0.227 e. The van der Waals surface area contributed by atoms with E-state index in [1.165, 1.54) is 6.07 Å². The Hall–Kier alpha value is -0.940. The Morgan fingerprint density at radius 2 is 2.19 bits per heavy atom. The Balaban J connectivity index is 2.16. The van der Waals surface area contributed by atoms with Crippen LogP contribution in [-0.2, 0) is 6.54 Å². The van der Waals surface area contributed by atoms with Gasteiger partial charge in [0.15, 0.2) is 5.76 Å². The maximum atomic E-state index is 11.4. The molecule has 0 aromatic carbocycles. The summed E-state index contributed by atoms with van der Waals surface area (Å²) >= 11 is 1.92. The van der Waals surface area contributed by atoms with E-state index < -0.39 is 0 Å². The minimum Gasteiger partial charge on any atom is -0.502 e. The van der Waals surface area contributed by atoms with Crippen LogP contribution in [0.5, 0.6) is 5.75 Å². The lowest BCUT2D eigenvalue weighted by Gasteiger charge is -2.25. The maximum Gasteiger partial charge on any atom is 0.227 e. The standard InChI is InChI=1S/C11H15NO3S/c1-8-6-9(13)11(14)10(15-8)7-12-2-4-16-5-3-12/h6,14H,2-5,7H2,1H3. The van der Waals surface area contributed by atoms with Gasteiger partial charge in [-0.2, -0.15) is 11.8 Å². The minimum absolute atomic E-state index is 0.246. The average Bonchev–Trinajstić information content (AvgIpc) is 2.27. The van der Waals surface area contributed by atoms with Crippen LogP contribution in [0, 0.1) is 6.92 Å². The zero-order chi connectivity index (χ0) is 11.5. The normalized spacial score (nSPS) is 17.6. The Bertz CT molecular complexity index is 424. The van der Waals surface area contributed by atoms with Crippen LogP contribution in [0.15, 0.2) is 15.3 Å². The van der Waals surface area contributed by atoms with E-state index in [-0.39, 0.29) is 11.2 Å². The molecule has 1 aromatic heterocycles. The van der Waals surface area contributed by atoms with E-state index in [0.29, 0.717) is 18.1 Å². The van der Waals surface area contributed by atoms with Crippen LogP contribution in [0.25, 0.3) is 0 Å². The Morgan fingerprint density at radius 3 is 2.88 bits per heavy atom. The second-order valence-corrected chi connectivity index (χ2v) is 5.11. The van der Waals surface area contributed by atoms with Gasteiger partial charge in [-0.05, 0) is 6.92 Å². The monoisotopic (exact) mass is 241 g/mol. The van der Waals surface area contributed by atoms with E-state index in [4.69, 9.17) is 4.42 Å². The molecule has 0 saturated carbocycles. The maximum absolute atomic E-state index is 11.4. The fourth-order valence-corrected chi connectivity index (χ4v) is 2.71. The molecule has 1 N–H and O–H groups in total. The van der Waals surface area contributed by atoms with Gasteiger partial charge in [0.1, 0.15) is 5.76 Å². The van der Waals surface area contributed by atoms with Crippen molar-refractivity contribution in [3.8, 4) is 5.75 Å². The zero-order valence-corrected chi connectivity index (χ0v) is 10.0. The molecule has 16 heavy (non-hydrogen) atoms. The molecule has 2 rings (SSSR count). The molecule has 0 aliphatic carbocycles. The van der Waals surface area contributed by atoms with Gasteiger partial charge in [-0.3, -0.25) is 9.69 Å². The van der Waals surface area contributed by atoms with Crippen molar-refractivity contribution in [2.75, 3.05) is 24.6 Å². The molecule has 5 heteroatoms. The fourth-order valence-electron chi connectivity index (χ4n) is 1.73. The molecule has 0 bridgehead atoms. The van der Waals surface area contributed by atoms with Gasteiger partial charge in [-0.1, -0.05) is 0 Å². The first-order chi connectivity index (χ1) is 7.66. The van der Waals surface area contributed by atoms with Crippen LogP contribution in [0.2, 0.25) is 0 Å². The van der Waals surface area contributed by atoms with E-state index in [0.717, 1.165) is 24.6 Å². The van der Waals surface area contributed by atoms with Crippen molar-refractivity contribution < 1.29 is 9.52 Å². The molecule has 88 valence electrons. The third-order valence-electron chi connectivity index (χ3n) is 2.59. The molecular formula is C11H15NO3S. The third kappa shape index (κ3) is 2.59. The summed E-state index contributed by atoms with van der Waals surface area (Å²) in [5, 5.41) is 9.61. The van der Waals surface area contributed by atoms with Crippen molar-refractivity contribution >= 4 is 11.8 Å². The van der Waals surface area contributed by atoms with Crippen LogP contribution in [0.4, 0.5) is 0 Å². The van der Waals surface area contributed by atoms with Crippen molar-refractivity contribution in [1.82, 2.24) is 4.90 Å². The van der Waals surface area contributed by atoms with E-state index in [1.807, 2.05) is 11.8 Å². The number of hydrogen-bond acceptors (Lipinski definition) is 5. The summed E-state index contributed by atoms with van der Waals surface area (Å²) in [6, 6.07) is 1.31. The summed E-state index contributed by atoms with van der Waals surface area (Å²) in [5.41, 5.74) is -0.356. The molecule has 0 atom stereocenters. The number of hydrogen-bond donors (Lipinski definition) is 1. The molecule has 2 heterocycles. The van der Waals surface area contributed by atoms with Crippen molar-refractivity contribution in [1.29, 1.82) is 0 Å². The summed E-state index contributed by atoms with van der Waals surface area (Å²) in [6.07, 6.45) is 0. The SMILES string of the molecule is Cc1cc(=O)c(O)c(CN2CCSCC2)o1. The molecular weight excluding hydrogens is 226 g/mol. The van der Waals surface area contributed by atoms with E-state index in [1.54, 1.807) is 6.92 Å². The number of thioether (sulfide) groups is 1. The Labute approximate surface area is 98.3 Å². The lowest BCUT2D eigenvalue weighted by Crippen LogP contribution is -2.32. The average molecular weight is 241 g/mol. The quantitative estimate of drug-likeness (QED) is 0.843. The summed E-state index contributed by atoms with van der Waals surface area (Å²) in [4.78, 5) is 13.6. The van der Waals surface area contributed by atoms with Crippen molar-refractivity contribution in [3.63, 3.8) is 0 Å². The highest BCUT2D eigenvalue weighted by atomic mass is 32.2. The van der Waals surface area contributed by atoms with Gasteiger partial charge in [0.2, 0.25) is 11.2 Å². The number of rotatable bonds is 2. The summed E-state index contributed by atoms with van der Waals surface area (Å²) in [6.45, 7) is 4.18. The van der Waals surface area contributed by atoms with E-state index in [9.17, 15) is 9.90 Å². The Kier molecular flexibility index (Phi) is 3.56. The minimum atomic E-state index is -0.356. The molecule has 0 radical (unpaired) electrons. The van der Waals surface area contributed by atoms with Crippen LogP contribution >= 0.6 is 11.8 Å². The second-order valence-electron chi connectivity index (χ2n) is 3.88. The molecule has 1 aliphatic heterocycles. The van der Waals surface area contributed by atoms with Gasteiger partial charge in [-0.15, -0.1) is 0 Å². The molecule has 4 nitrogen and oxygen atoms in total. The van der Waals surface area contributed by atoms with E-state index in [2.05, 4.69) is 4.90 Å². The number of aryl methyl sites for hydroxylation is 1. The van der Waals surface area contributed by atoms with Gasteiger partial charge >= 0.3 is 0 Å². The van der Waals surface area contributed by atoms with Crippen molar-refractivity contribution in [2.24, 2.45) is 0 Å². The van der Waals surface area contributed by atoms with Crippen molar-refractivity contribution in [3.05, 3.63) is 27.8 Å². The molecule has 1 aliphatic rings. The third-order valence-corrected chi connectivity index (χ3v) is 3.53. The van der Waals surface area contributed by atoms with Crippen LogP contribution in [0.1, 0.15) is 11.5 Å². The first-order valence-electron chi connectivity index (χ1n) is 5.29.